The molecule has 1 atom stereocenters. The monoisotopic (exact) mass is 266 g/mol. The lowest BCUT2D eigenvalue weighted by Crippen LogP contribution is -2.50. The molecule has 1 aliphatic heterocycles. The van der Waals surface area contributed by atoms with Crippen LogP contribution in [0.2, 0.25) is 0 Å². The lowest BCUT2D eigenvalue weighted by molar-refractivity contribution is -0.138. The Bertz CT molecular complexity index is 459. The van der Waals surface area contributed by atoms with Gasteiger partial charge in [0.25, 0.3) is 5.91 Å². The number of hydrogen-bond acceptors (Lipinski definition) is 3. The number of halogens is 1. The number of amides is 1. The lowest BCUT2D eigenvalue weighted by Gasteiger charge is -2.30. The van der Waals surface area contributed by atoms with Gasteiger partial charge in [0.05, 0.1) is 0 Å². The molecule has 0 saturated carbocycles. The van der Waals surface area contributed by atoms with Gasteiger partial charge in [0.15, 0.2) is 6.10 Å². The molecule has 1 N–H and O–H groups in total. The van der Waals surface area contributed by atoms with E-state index in [9.17, 15) is 9.18 Å². The SMILES string of the molecule is Cc1cc(F)ccc1OC(C)C(=O)N1CCNCC1. The van der Waals surface area contributed by atoms with Gasteiger partial charge in [-0.2, -0.15) is 0 Å². The van der Waals surface area contributed by atoms with Crippen LogP contribution in [0.4, 0.5) is 4.39 Å². The third kappa shape index (κ3) is 3.44. The summed E-state index contributed by atoms with van der Waals surface area (Å²) in [4.78, 5) is 14.0. The lowest BCUT2D eigenvalue weighted by atomic mass is 10.2. The molecule has 1 saturated heterocycles. The number of aryl methyl sites for hydroxylation is 1. The average molecular weight is 266 g/mol. The van der Waals surface area contributed by atoms with E-state index in [1.54, 1.807) is 24.8 Å². The van der Waals surface area contributed by atoms with Crippen molar-refractivity contribution in [2.45, 2.75) is 20.0 Å². The maximum absolute atomic E-state index is 13.0. The van der Waals surface area contributed by atoms with Gasteiger partial charge in [0.1, 0.15) is 11.6 Å². The van der Waals surface area contributed by atoms with Crippen molar-refractivity contribution >= 4 is 5.91 Å². The molecular formula is C14H19FN2O2. The van der Waals surface area contributed by atoms with Crippen molar-refractivity contribution in [3.05, 3.63) is 29.6 Å². The highest BCUT2D eigenvalue weighted by atomic mass is 19.1. The third-order valence-electron chi connectivity index (χ3n) is 3.22. The number of carbonyl (C=O) groups excluding carboxylic acids is 1. The summed E-state index contributed by atoms with van der Waals surface area (Å²) in [6, 6.07) is 4.30. The van der Waals surface area contributed by atoms with Gasteiger partial charge in [-0.05, 0) is 37.6 Å². The fraction of sp³-hybridized carbons (Fsp3) is 0.500. The predicted molar refractivity (Wildman–Crippen MR) is 70.7 cm³/mol. The van der Waals surface area contributed by atoms with Gasteiger partial charge in [0, 0.05) is 26.2 Å². The third-order valence-corrected chi connectivity index (χ3v) is 3.22. The number of nitrogens with one attached hydrogen (secondary N) is 1. The van der Waals surface area contributed by atoms with Crippen LogP contribution in [-0.4, -0.2) is 43.1 Å². The Balaban J connectivity index is 1.99. The van der Waals surface area contributed by atoms with Crippen molar-refractivity contribution in [2.75, 3.05) is 26.2 Å². The second-order valence-electron chi connectivity index (χ2n) is 4.75. The van der Waals surface area contributed by atoms with Crippen molar-refractivity contribution in [1.82, 2.24) is 10.2 Å². The molecule has 1 heterocycles. The van der Waals surface area contributed by atoms with Gasteiger partial charge >= 0.3 is 0 Å². The summed E-state index contributed by atoms with van der Waals surface area (Å²) in [5.74, 6) is 0.230. The molecule has 0 bridgehead atoms. The first-order valence-electron chi connectivity index (χ1n) is 6.50. The van der Waals surface area contributed by atoms with Gasteiger partial charge in [-0.15, -0.1) is 0 Å². The van der Waals surface area contributed by atoms with Crippen molar-refractivity contribution in [1.29, 1.82) is 0 Å². The Morgan fingerprint density at radius 3 is 2.74 bits per heavy atom. The van der Waals surface area contributed by atoms with Crippen LogP contribution in [0.1, 0.15) is 12.5 Å². The minimum Gasteiger partial charge on any atom is -0.481 e. The van der Waals surface area contributed by atoms with Gasteiger partial charge in [-0.1, -0.05) is 0 Å². The van der Waals surface area contributed by atoms with Crippen molar-refractivity contribution in [3.63, 3.8) is 0 Å². The molecule has 5 heteroatoms. The van der Waals surface area contributed by atoms with Crippen molar-refractivity contribution in [2.24, 2.45) is 0 Å². The number of benzene rings is 1. The molecule has 0 aliphatic carbocycles. The summed E-state index contributed by atoms with van der Waals surface area (Å²) in [7, 11) is 0. The number of rotatable bonds is 3. The molecule has 0 aromatic heterocycles. The first kappa shape index (κ1) is 13.8. The molecular weight excluding hydrogens is 247 g/mol. The fourth-order valence-corrected chi connectivity index (χ4v) is 2.13. The Hall–Kier alpha value is -1.62. The quantitative estimate of drug-likeness (QED) is 0.897. The molecule has 1 fully saturated rings. The van der Waals surface area contributed by atoms with Crippen LogP contribution in [0.5, 0.6) is 5.75 Å². The van der Waals surface area contributed by atoms with E-state index in [0.29, 0.717) is 24.4 Å². The van der Waals surface area contributed by atoms with Crippen LogP contribution in [0.25, 0.3) is 0 Å². The summed E-state index contributed by atoms with van der Waals surface area (Å²) in [6.07, 6.45) is -0.553. The average Bonchev–Trinajstić information content (AvgIpc) is 2.42. The summed E-state index contributed by atoms with van der Waals surface area (Å²) in [5.41, 5.74) is 0.694. The molecule has 1 aromatic carbocycles. The summed E-state index contributed by atoms with van der Waals surface area (Å²) >= 11 is 0. The number of ether oxygens (including phenoxy) is 1. The van der Waals surface area contributed by atoms with Gasteiger partial charge in [-0.25, -0.2) is 4.39 Å². The van der Waals surface area contributed by atoms with Gasteiger partial charge in [-0.3, -0.25) is 4.79 Å². The highest BCUT2D eigenvalue weighted by molar-refractivity contribution is 5.81. The van der Waals surface area contributed by atoms with Gasteiger partial charge < -0.3 is 15.0 Å². The highest BCUT2D eigenvalue weighted by Gasteiger charge is 2.23. The van der Waals surface area contributed by atoms with Crippen LogP contribution in [0, 0.1) is 12.7 Å². The van der Waals surface area contributed by atoms with Crippen molar-refractivity contribution < 1.29 is 13.9 Å². The molecule has 2 rings (SSSR count). The van der Waals surface area contributed by atoms with Crippen LogP contribution >= 0.6 is 0 Å². The van der Waals surface area contributed by atoms with Crippen LogP contribution < -0.4 is 10.1 Å². The second kappa shape index (κ2) is 6.02. The molecule has 0 radical (unpaired) electrons. The minimum absolute atomic E-state index is 0.0229. The van der Waals surface area contributed by atoms with E-state index in [2.05, 4.69) is 5.32 Å². The van der Waals surface area contributed by atoms with E-state index in [-0.39, 0.29) is 11.7 Å². The smallest absolute Gasteiger partial charge is 0.263 e. The number of piperazine rings is 1. The van der Waals surface area contributed by atoms with E-state index in [1.165, 1.54) is 12.1 Å². The van der Waals surface area contributed by atoms with E-state index in [1.807, 2.05) is 0 Å². The molecule has 19 heavy (non-hydrogen) atoms. The molecule has 0 spiro atoms. The Kier molecular flexibility index (Phi) is 4.37. The molecule has 1 aromatic rings. The summed E-state index contributed by atoms with van der Waals surface area (Å²) in [6.45, 7) is 6.53. The van der Waals surface area contributed by atoms with E-state index in [4.69, 9.17) is 4.74 Å². The first-order chi connectivity index (χ1) is 9.08. The standard InChI is InChI=1S/C14H19FN2O2/c1-10-9-12(15)3-4-13(10)19-11(2)14(18)17-7-5-16-6-8-17/h3-4,9,11,16H,5-8H2,1-2H3. The number of carbonyl (C=O) groups is 1. The van der Waals surface area contributed by atoms with E-state index >= 15 is 0 Å². The zero-order chi connectivity index (χ0) is 13.8. The zero-order valence-corrected chi connectivity index (χ0v) is 11.3. The molecule has 1 aliphatic rings. The highest BCUT2D eigenvalue weighted by Crippen LogP contribution is 2.20. The normalized spacial score (nSPS) is 17.1. The molecule has 104 valence electrons. The number of nitrogens with zero attached hydrogens (tertiary/aromatic N) is 1. The van der Waals surface area contributed by atoms with Gasteiger partial charge in [0.2, 0.25) is 0 Å². The Labute approximate surface area is 112 Å². The van der Waals surface area contributed by atoms with Crippen LogP contribution in [-0.2, 0) is 4.79 Å². The molecule has 4 nitrogen and oxygen atoms in total. The molecule has 1 amide bonds. The Morgan fingerprint density at radius 1 is 1.42 bits per heavy atom. The first-order valence-corrected chi connectivity index (χ1v) is 6.50. The largest absolute Gasteiger partial charge is 0.481 e. The van der Waals surface area contributed by atoms with Crippen molar-refractivity contribution in [3.8, 4) is 5.75 Å². The second-order valence-corrected chi connectivity index (χ2v) is 4.75. The van der Waals surface area contributed by atoms with E-state index in [0.717, 1.165) is 13.1 Å². The molecule has 1 unspecified atom stereocenters. The summed E-state index contributed by atoms with van der Waals surface area (Å²) in [5, 5.41) is 3.20. The van der Waals surface area contributed by atoms with Crippen LogP contribution in [0.15, 0.2) is 18.2 Å². The topological polar surface area (TPSA) is 41.6 Å². The van der Waals surface area contributed by atoms with E-state index < -0.39 is 6.10 Å². The maximum Gasteiger partial charge on any atom is 0.263 e. The fourth-order valence-electron chi connectivity index (χ4n) is 2.13. The number of hydrogen-bond donors (Lipinski definition) is 1. The maximum atomic E-state index is 13.0. The Morgan fingerprint density at radius 2 is 2.11 bits per heavy atom. The summed E-state index contributed by atoms with van der Waals surface area (Å²) < 4.78 is 18.6. The predicted octanol–water partition coefficient (Wildman–Crippen LogP) is 1.33. The zero-order valence-electron chi connectivity index (χ0n) is 11.3. The minimum atomic E-state index is -0.553. The van der Waals surface area contributed by atoms with Crippen LogP contribution in [0.3, 0.4) is 0 Å².